The molecule has 134 valence electrons. The maximum absolute atomic E-state index is 11.8. The molecule has 1 heterocycles. The molecule has 0 aliphatic heterocycles. The number of thiazole rings is 1. The molecule has 6 nitrogen and oxygen atoms in total. The van der Waals surface area contributed by atoms with Crippen LogP contribution in [0.4, 0.5) is 5.13 Å². The second kappa shape index (κ2) is 9.17. The van der Waals surface area contributed by atoms with Gasteiger partial charge in [0, 0.05) is 5.56 Å². The summed E-state index contributed by atoms with van der Waals surface area (Å²) >= 11 is 1.22. The van der Waals surface area contributed by atoms with Gasteiger partial charge in [-0.15, -0.1) is 0 Å². The van der Waals surface area contributed by atoms with Crippen LogP contribution in [0.3, 0.4) is 0 Å². The summed E-state index contributed by atoms with van der Waals surface area (Å²) in [6.45, 7) is 8.73. The van der Waals surface area contributed by atoms with Crippen LogP contribution in [0.15, 0.2) is 29.4 Å². The number of benzene rings is 1. The number of hydrazone groups is 1. The van der Waals surface area contributed by atoms with Crippen molar-refractivity contribution in [3.63, 3.8) is 0 Å². The molecule has 0 aliphatic carbocycles. The van der Waals surface area contributed by atoms with Gasteiger partial charge in [-0.05, 0) is 31.9 Å². The smallest absolute Gasteiger partial charge is 0.350 e. The molecule has 0 spiro atoms. The number of carbonyl (C=O) groups is 1. The third kappa shape index (κ3) is 5.56. The van der Waals surface area contributed by atoms with E-state index in [0.717, 1.165) is 11.3 Å². The first-order chi connectivity index (χ1) is 12.0. The van der Waals surface area contributed by atoms with E-state index in [1.807, 2.05) is 24.3 Å². The van der Waals surface area contributed by atoms with Crippen molar-refractivity contribution in [3.8, 4) is 5.75 Å². The minimum Gasteiger partial charge on any atom is -0.493 e. The van der Waals surface area contributed by atoms with Gasteiger partial charge in [-0.3, -0.25) is 5.43 Å². The lowest BCUT2D eigenvalue weighted by Gasteiger charge is -2.10. The van der Waals surface area contributed by atoms with E-state index < -0.39 is 0 Å². The molecule has 0 atom stereocenters. The molecule has 0 fully saturated rings. The standard InChI is InChI=1S/C18H23N3O3S/c1-5-23-17(22)16-13(4)20-18(25-16)21-19-10-14-8-6-7-9-15(14)24-11-12(2)3/h6-10,12H,5,11H2,1-4H3,(H,20,21)/b19-10+. The summed E-state index contributed by atoms with van der Waals surface area (Å²) < 4.78 is 10.8. The SMILES string of the molecule is CCOC(=O)c1sc(N/N=C/c2ccccc2OCC(C)C)nc1C. The van der Waals surface area contributed by atoms with Crippen molar-refractivity contribution >= 4 is 28.7 Å². The highest BCUT2D eigenvalue weighted by Crippen LogP contribution is 2.23. The topological polar surface area (TPSA) is 72.8 Å². The van der Waals surface area contributed by atoms with E-state index in [-0.39, 0.29) is 5.97 Å². The second-order valence-electron chi connectivity index (χ2n) is 5.77. The largest absolute Gasteiger partial charge is 0.493 e. The van der Waals surface area contributed by atoms with Crippen LogP contribution in [0.2, 0.25) is 0 Å². The van der Waals surface area contributed by atoms with Gasteiger partial charge in [0.1, 0.15) is 10.6 Å². The lowest BCUT2D eigenvalue weighted by Crippen LogP contribution is -2.06. The van der Waals surface area contributed by atoms with Crippen molar-refractivity contribution in [1.82, 2.24) is 4.98 Å². The van der Waals surface area contributed by atoms with Gasteiger partial charge in [-0.2, -0.15) is 5.10 Å². The van der Waals surface area contributed by atoms with E-state index in [1.165, 1.54) is 11.3 Å². The minimum atomic E-state index is -0.359. The van der Waals surface area contributed by atoms with Crippen molar-refractivity contribution in [2.75, 3.05) is 18.6 Å². The van der Waals surface area contributed by atoms with Crippen LogP contribution in [-0.4, -0.2) is 30.4 Å². The van der Waals surface area contributed by atoms with Gasteiger partial charge >= 0.3 is 5.97 Å². The van der Waals surface area contributed by atoms with E-state index in [9.17, 15) is 4.79 Å². The van der Waals surface area contributed by atoms with E-state index in [2.05, 4.69) is 29.4 Å². The number of anilines is 1. The first-order valence-corrected chi connectivity index (χ1v) is 8.98. The quantitative estimate of drug-likeness (QED) is 0.435. The van der Waals surface area contributed by atoms with Gasteiger partial charge < -0.3 is 9.47 Å². The Morgan fingerprint density at radius 2 is 2.16 bits per heavy atom. The summed E-state index contributed by atoms with van der Waals surface area (Å²) in [5.41, 5.74) is 4.35. The fourth-order valence-electron chi connectivity index (χ4n) is 1.96. The number of nitrogens with one attached hydrogen (secondary N) is 1. The Hall–Kier alpha value is -2.41. The van der Waals surface area contributed by atoms with Gasteiger partial charge in [-0.25, -0.2) is 9.78 Å². The number of aromatic nitrogens is 1. The number of ether oxygens (including phenoxy) is 2. The molecule has 2 aromatic rings. The molecule has 0 bridgehead atoms. The molecule has 2 rings (SSSR count). The van der Waals surface area contributed by atoms with Crippen LogP contribution >= 0.6 is 11.3 Å². The molecule has 25 heavy (non-hydrogen) atoms. The number of esters is 1. The molecule has 0 radical (unpaired) electrons. The Morgan fingerprint density at radius 1 is 1.40 bits per heavy atom. The zero-order valence-corrected chi connectivity index (χ0v) is 15.7. The zero-order valence-electron chi connectivity index (χ0n) is 14.9. The molecule has 0 unspecified atom stereocenters. The van der Waals surface area contributed by atoms with Crippen LogP contribution in [-0.2, 0) is 4.74 Å². The minimum absolute atomic E-state index is 0.338. The maximum atomic E-state index is 11.8. The predicted molar refractivity (Wildman–Crippen MR) is 101 cm³/mol. The summed E-state index contributed by atoms with van der Waals surface area (Å²) in [4.78, 5) is 16.6. The van der Waals surface area contributed by atoms with Gasteiger partial charge in [0.25, 0.3) is 0 Å². The molecular formula is C18H23N3O3S. The van der Waals surface area contributed by atoms with Crippen molar-refractivity contribution in [2.45, 2.75) is 27.7 Å². The van der Waals surface area contributed by atoms with Crippen molar-refractivity contribution in [2.24, 2.45) is 11.0 Å². The van der Waals surface area contributed by atoms with Gasteiger partial charge in [0.05, 0.1) is 25.1 Å². The summed E-state index contributed by atoms with van der Waals surface area (Å²) in [6, 6.07) is 7.69. The molecular weight excluding hydrogens is 338 g/mol. The average molecular weight is 361 g/mol. The van der Waals surface area contributed by atoms with Gasteiger partial charge in [-0.1, -0.05) is 37.3 Å². The Bertz CT molecular complexity index is 741. The zero-order chi connectivity index (χ0) is 18.2. The van der Waals surface area contributed by atoms with Crippen LogP contribution in [0, 0.1) is 12.8 Å². The van der Waals surface area contributed by atoms with Crippen molar-refractivity contribution in [3.05, 3.63) is 40.4 Å². The third-order valence-corrected chi connectivity index (χ3v) is 4.15. The number of rotatable bonds is 8. The number of aryl methyl sites for hydroxylation is 1. The molecule has 1 aromatic heterocycles. The fraction of sp³-hybridized carbons (Fsp3) is 0.389. The lowest BCUT2D eigenvalue weighted by molar-refractivity contribution is 0.0531. The third-order valence-electron chi connectivity index (χ3n) is 3.11. The highest BCUT2D eigenvalue weighted by atomic mass is 32.1. The molecule has 1 N–H and O–H groups in total. The second-order valence-corrected chi connectivity index (χ2v) is 6.77. The van der Waals surface area contributed by atoms with Gasteiger partial charge in [0.2, 0.25) is 5.13 Å². The normalized spacial score (nSPS) is 11.1. The van der Waals surface area contributed by atoms with Gasteiger partial charge in [0.15, 0.2) is 0 Å². The van der Waals surface area contributed by atoms with E-state index in [4.69, 9.17) is 9.47 Å². The Morgan fingerprint density at radius 3 is 2.88 bits per heavy atom. The summed E-state index contributed by atoms with van der Waals surface area (Å²) in [5.74, 6) is 0.869. The molecule has 7 heteroatoms. The number of nitrogens with zero attached hydrogens (tertiary/aromatic N) is 2. The fourth-order valence-corrected chi connectivity index (χ4v) is 2.77. The highest BCUT2D eigenvalue weighted by Gasteiger charge is 2.15. The monoisotopic (exact) mass is 361 g/mol. The lowest BCUT2D eigenvalue weighted by atomic mass is 10.2. The van der Waals surface area contributed by atoms with Crippen LogP contribution in [0.1, 0.15) is 41.7 Å². The van der Waals surface area contributed by atoms with E-state index in [1.54, 1.807) is 20.1 Å². The Labute approximate surface area is 151 Å². The first-order valence-electron chi connectivity index (χ1n) is 8.16. The van der Waals surface area contributed by atoms with Crippen LogP contribution < -0.4 is 10.2 Å². The summed E-state index contributed by atoms with van der Waals surface area (Å²) in [6.07, 6.45) is 1.68. The Kier molecular flexibility index (Phi) is 6.94. The van der Waals surface area contributed by atoms with Crippen molar-refractivity contribution in [1.29, 1.82) is 0 Å². The average Bonchev–Trinajstić information content (AvgIpc) is 2.95. The number of para-hydroxylation sites is 1. The molecule has 1 aromatic carbocycles. The van der Waals surface area contributed by atoms with Crippen LogP contribution in [0.25, 0.3) is 0 Å². The summed E-state index contributed by atoms with van der Waals surface area (Å²) in [5, 5.41) is 4.74. The molecule has 0 aliphatic rings. The number of carbonyl (C=O) groups excluding carboxylic acids is 1. The highest BCUT2D eigenvalue weighted by molar-refractivity contribution is 7.17. The number of hydrogen-bond acceptors (Lipinski definition) is 7. The first kappa shape index (κ1) is 18.9. The van der Waals surface area contributed by atoms with Crippen molar-refractivity contribution < 1.29 is 14.3 Å². The molecule has 0 saturated heterocycles. The Balaban J connectivity index is 2.04. The summed E-state index contributed by atoms with van der Waals surface area (Å²) in [7, 11) is 0. The van der Waals surface area contributed by atoms with E-state index in [0.29, 0.717) is 34.8 Å². The number of hydrogen-bond donors (Lipinski definition) is 1. The van der Waals surface area contributed by atoms with Crippen LogP contribution in [0.5, 0.6) is 5.75 Å². The molecule has 0 amide bonds. The maximum Gasteiger partial charge on any atom is 0.350 e. The predicted octanol–water partition coefficient (Wildman–Crippen LogP) is 4.11. The molecule has 0 saturated carbocycles. The van der Waals surface area contributed by atoms with E-state index >= 15 is 0 Å².